The van der Waals surface area contributed by atoms with Crippen molar-refractivity contribution >= 4 is 28.5 Å². The Morgan fingerprint density at radius 1 is 1.15 bits per heavy atom. The number of aromatic nitrogens is 2. The molecule has 0 saturated carbocycles. The zero-order valence-electron chi connectivity index (χ0n) is 18.8. The summed E-state index contributed by atoms with van der Waals surface area (Å²) in [5.74, 6) is 1.11. The molecule has 0 bridgehead atoms. The molecule has 9 heteroatoms. The summed E-state index contributed by atoms with van der Waals surface area (Å²) < 4.78 is 11.6. The van der Waals surface area contributed by atoms with Crippen LogP contribution in [0.2, 0.25) is 0 Å². The Bertz CT molecular complexity index is 1150. The van der Waals surface area contributed by atoms with Crippen molar-refractivity contribution in [3.63, 3.8) is 0 Å². The lowest BCUT2D eigenvalue weighted by molar-refractivity contribution is -0.124. The molecule has 1 aliphatic heterocycles. The fraction of sp³-hybridized carbons (Fsp3) is 0.333. The Morgan fingerprint density at radius 2 is 1.94 bits per heavy atom. The minimum atomic E-state index is -0.847. The van der Waals surface area contributed by atoms with E-state index in [1.165, 1.54) is 11.3 Å². The smallest absolute Gasteiger partial charge is 0.412 e. The second-order valence-electron chi connectivity index (χ2n) is 8.36. The predicted octanol–water partition coefficient (Wildman–Crippen LogP) is 5.33. The van der Waals surface area contributed by atoms with E-state index in [-0.39, 0.29) is 11.8 Å². The van der Waals surface area contributed by atoms with E-state index >= 15 is 0 Å². The lowest BCUT2D eigenvalue weighted by atomic mass is 9.69. The topological polar surface area (TPSA) is 102 Å². The maximum Gasteiger partial charge on any atom is 0.412 e. The van der Waals surface area contributed by atoms with Crippen molar-refractivity contribution in [2.24, 2.45) is 5.41 Å². The molecule has 0 saturated heterocycles. The first kappa shape index (κ1) is 22.7. The van der Waals surface area contributed by atoms with Crippen molar-refractivity contribution in [2.45, 2.75) is 39.5 Å². The summed E-state index contributed by atoms with van der Waals surface area (Å²) in [4.78, 5) is 25.4. The highest BCUT2D eigenvalue weighted by molar-refractivity contribution is 7.13. The number of ether oxygens (including phenoxy) is 2. The first-order chi connectivity index (χ1) is 15.9. The summed E-state index contributed by atoms with van der Waals surface area (Å²) in [6.07, 6.45) is 1.36. The molecule has 8 nitrogen and oxygen atoms in total. The molecule has 3 aromatic rings. The van der Waals surface area contributed by atoms with Gasteiger partial charge in [-0.05, 0) is 18.6 Å². The van der Waals surface area contributed by atoms with Gasteiger partial charge in [-0.3, -0.25) is 4.79 Å². The number of nitrogens with one attached hydrogen (secondary N) is 2. The van der Waals surface area contributed by atoms with Crippen molar-refractivity contribution in [2.75, 3.05) is 11.9 Å². The van der Waals surface area contributed by atoms with Crippen LogP contribution in [-0.2, 0) is 4.79 Å². The van der Waals surface area contributed by atoms with Gasteiger partial charge in [-0.15, -0.1) is 10.2 Å². The summed E-state index contributed by atoms with van der Waals surface area (Å²) in [5.41, 5.74) is 2.47. The van der Waals surface area contributed by atoms with Gasteiger partial charge < -0.3 is 20.1 Å². The van der Waals surface area contributed by atoms with Crippen molar-refractivity contribution in [3.8, 4) is 17.2 Å². The summed E-state index contributed by atoms with van der Waals surface area (Å²) in [7, 11) is 0. The van der Waals surface area contributed by atoms with Gasteiger partial charge in [-0.25, -0.2) is 4.79 Å². The molecule has 172 valence electrons. The maximum absolute atomic E-state index is 13.3. The number of hydrogen-bond donors (Lipinski definition) is 2. The Labute approximate surface area is 196 Å². The number of carbonyl (C=O) groups is 2. The number of benzene rings is 2. The van der Waals surface area contributed by atoms with E-state index in [0.29, 0.717) is 28.9 Å². The molecule has 1 aliphatic rings. The Balaban J connectivity index is 1.64. The van der Waals surface area contributed by atoms with E-state index in [1.807, 2.05) is 44.2 Å². The predicted molar refractivity (Wildman–Crippen MR) is 126 cm³/mol. The Hall–Kier alpha value is -3.46. The molecule has 0 fully saturated rings. The number of rotatable bonds is 7. The van der Waals surface area contributed by atoms with E-state index in [4.69, 9.17) is 9.47 Å². The average Bonchev–Trinajstić information content (AvgIpc) is 3.30. The number of nitrogens with zero attached hydrogens (tertiary/aromatic N) is 2. The second kappa shape index (κ2) is 9.58. The summed E-state index contributed by atoms with van der Waals surface area (Å²) >= 11 is 1.27. The van der Waals surface area contributed by atoms with Crippen molar-refractivity contribution in [1.82, 2.24) is 15.5 Å². The molecular weight excluding hydrogens is 440 g/mol. The van der Waals surface area contributed by atoms with E-state index < -0.39 is 11.5 Å². The molecule has 2 aromatic carbocycles. The van der Waals surface area contributed by atoms with Gasteiger partial charge in [0.15, 0.2) is 0 Å². The quantitative estimate of drug-likeness (QED) is 0.456. The van der Waals surface area contributed by atoms with Gasteiger partial charge >= 0.3 is 6.09 Å². The fourth-order valence-corrected chi connectivity index (χ4v) is 4.35. The van der Waals surface area contributed by atoms with Crippen LogP contribution in [0.3, 0.4) is 0 Å². The van der Waals surface area contributed by atoms with Gasteiger partial charge in [0.1, 0.15) is 22.8 Å². The zero-order valence-corrected chi connectivity index (χ0v) is 19.6. The third-order valence-electron chi connectivity index (χ3n) is 5.64. The molecule has 0 spiro atoms. The molecule has 4 rings (SSSR count). The minimum absolute atomic E-state index is 0.178. The van der Waals surface area contributed by atoms with Crippen LogP contribution in [-0.4, -0.2) is 28.7 Å². The lowest BCUT2D eigenvalue weighted by Gasteiger charge is -2.38. The molecule has 2 N–H and O–H groups in total. The van der Waals surface area contributed by atoms with Crippen LogP contribution < -0.4 is 20.1 Å². The lowest BCUT2D eigenvalue weighted by Crippen LogP contribution is -2.38. The van der Waals surface area contributed by atoms with Crippen molar-refractivity contribution in [1.29, 1.82) is 0 Å². The molecule has 1 aromatic heterocycles. The largest absolute Gasteiger partial charge is 0.457 e. The SMILES string of the molecule is CCCCNC(=O)Oc1ccc2c(c1)Oc1ccccc1[C@@H]2C(C)(C)C(=O)Nc1nncs1. The van der Waals surface area contributed by atoms with E-state index in [9.17, 15) is 9.59 Å². The first-order valence-corrected chi connectivity index (χ1v) is 11.7. The van der Waals surface area contributed by atoms with Crippen LogP contribution in [0.1, 0.15) is 50.7 Å². The van der Waals surface area contributed by atoms with E-state index in [2.05, 4.69) is 27.8 Å². The molecule has 0 unspecified atom stereocenters. The second-order valence-corrected chi connectivity index (χ2v) is 9.20. The van der Waals surface area contributed by atoms with Gasteiger partial charge in [-0.2, -0.15) is 0 Å². The number of carbonyl (C=O) groups excluding carboxylic acids is 2. The van der Waals surface area contributed by atoms with Crippen molar-refractivity contribution < 1.29 is 19.1 Å². The molecule has 1 atom stereocenters. The number of amides is 2. The summed E-state index contributed by atoms with van der Waals surface area (Å²) in [5, 5.41) is 13.8. The summed E-state index contributed by atoms with van der Waals surface area (Å²) in [6.45, 7) is 6.40. The normalized spacial score (nSPS) is 14.5. The number of hydrogen-bond acceptors (Lipinski definition) is 7. The van der Waals surface area contributed by atoms with Crippen LogP contribution in [0.5, 0.6) is 17.2 Å². The number of para-hydroxylation sites is 1. The Kier molecular flexibility index (Phi) is 6.60. The van der Waals surface area contributed by atoms with Crippen LogP contribution in [0, 0.1) is 5.41 Å². The van der Waals surface area contributed by atoms with Gasteiger partial charge in [0, 0.05) is 29.7 Å². The van der Waals surface area contributed by atoms with Crippen LogP contribution in [0.25, 0.3) is 0 Å². The van der Waals surface area contributed by atoms with Gasteiger partial charge in [0.05, 0.1) is 5.41 Å². The number of unbranched alkanes of at least 4 members (excludes halogenated alkanes) is 1. The molecule has 0 radical (unpaired) electrons. The minimum Gasteiger partial charge on any atom is -0.457 e. The third kappa shape index (κ3) is 4.83. The number of anilines is 1. The van der Waals surface area contributed by atoms with Crippen molar-refractivity contribution in [3.05, 3.63) is 59.1 Å². The highest BCUT2D eigenvalue weighted by Crippen LogP contribution is 2.52. The van der Waals surface area contributed by atoms with Crippen LogP contribution in [0.4, 0.5) is 9.93 Å². The average molecular weight is 467 g/mol. The Morgan fingerprint density at radius 3 is 2.70 bits per heavy atom. The van der Waals surface area contributed by atoms with Crippen LogP contribution in [0.15, 0.2) is 48.0 Å². The van der Waals surface area contributed by atoms with E-state index in [0.717, 1.165) is 24.0 Å². The molecule has 2 amide bonds. The van der Waals surface area contributed by atoms with Gasteiger partial charge in [0.25, 0.3) is 0 Å². The van der Waals surface area contributed by atoms with Gasteiger partial charge in [-0.1, -0.05) is 62.8 Å². The van der Waals surface area contributed by atoms with Gasteiger partial charge in [0.2, 0.25) is 11.0 Å². The molecule has 2 heterocycles. The van der Waals surface area contributed by atoms with Crippen LogP contribution >= 0.6 is 11.3 Å². The number of fused-ring (bicyclic) bond motifs is 2. The monoisotopic (exact) mass is 466 g/mol. The molecule has 0 aliphatic carbocycles. The molecule has 33 heavy (non-hydrogen) atoms. The highest BCUT2D eigenvalue weighted by atomic mass is 32.1. The third-order valence-corrected chi connectivity index (χ3v) is 6.25. The maximum atomic E-state index is 13.3. The van der Waals surface area contributed by atoms with E-state index in [1.54, 1.807) is 17.6 Å². The first-order valence-electron chi connectivity index (χ1n) is 10.8. The zero-order chi connectivity index (χ0) is 23.4. The fourth-order valence-electron chi connectivity index (χ4n) is 3.91. The summed E-state index contributed by atoms with van der Waals surface area (Å²) in [6, 6.07) is 12.9. The highest BCUT2D eigenvalue weighted by Gasteiger charge is 2.43. The standard InChI is InChI=1S/C24H26N4O4S/c1-4-5-12-25-23(30)31-15-10-11-17-19(13-15)32-18-9-7-6-8-16(18)20(17)24(2,3)21(29)27-22-28-26-14-33-22/h6-11,13-14,20H,4-5,12H2,1-3H3,(H,25,30)(H,27,28,29)/t20-/m0/s1. The molecular formula is C24H26N4O4S.